The molecule has 1 aliphatic heterocycles. The number of nitrogens with zero attached hydrogens (tertiary/aromatic N) is 2. The molecule has 1 N–H and O–H groups in total. The zero-order valence-corrected chi connectivity index (χ0v) is 9.64. The van der Waals surface area contributed by atoms with E-state index in [0.29, 0.717) is 29.7 Å². The Morgan fingerprint density at radius 1 is 1.67 bits per heavy atom. The molecule has 0 unspecified atom stereocenters. The van der Waals surface area contributed by atoms with E-state index in [0.717, 1.165) is 0 Å². The Hall–Kier alpha value is -0.940. The van der Waals surface area contributed by atoms with Crippen LogP contribution in [0.25, 0.3) is 0 Å². The molecule has 1 amide bonds. The van der Waals surface area contributed by atoms with Gasteiger partial charge in [0.2, 0.25) is 0 Å². The molecule has 15 heavy (non-hydrogen) atoms. The molecule has 1 atom stereocenters. The monoisotopic (exact) mass is 270 g/mol. The van der Waals surface area contributed by atoms with Crippen molar-refractivity contribution < 1.29 is 9.90 Å². The van der Waals surface area contributed by atoms with Gasteiger partial charge in [0.25, 0.3) is 5.91 Å². The molecule has 1 aromatic heterocycles. The van der Waals surface area contributed by atoms with Crippen LogP contribution >= 0.6 is 15.9 Å². The third-order valence-electron chi connectivity index (χ3n) is 2.44. The summed E-state index contributed by atoms with van der Waals surface area (Å²) < 4.78 is 0.552. The number of pyridine rings is 1. The Morgan fingerprint density at radius 3 is 3.07 bits per heavy atom. The second-order valence-electron chi connectivity index (χ2n) is 3.54. The predicted octanol–water partition coefficient (Wildman–Crippen LogP) is 1.05. The van der Waals surface area contributed by atoms with Crippen LogP contribution < -0.4 is 0 Å². The largest absolute Gasteiger partial charge is 0.391 e. The fraction of sp³-hybridized carbons (Fsp3) is 0.400. The minimum absolute atomic E-state index is 0.0773. The number of hydrogen-bond donors (Lipinski definition) is 1. The summed E-state index contributed by atoms with van der Waals surface area (Å²) in [5.74, 6) is -0.0773. The zero-order chi connectivity index (χ0) is 10.8. The smallest absolute Gasteiger partial charge is 0.256 e. The lowest BCUT2D eigenvalue weighted by Crippen LogP contribution is -2.29. The second-order valence-corrected chi connectivity index (χ2v) is 4.29. The molecular weight excluding hydrogens is 260 g/mol. The first-order chi connectivity index (χ1) is 7.18. The van der Waals surface area contributed by atoms with Crippen LogP contribution in [0.2, 0.25) is 0 Å². The summed E-state index contributed by atoms with van der Waals surface area (Å²) in [6, 6.07) is 3.45. The number of halogens is 1. The van der Waals surface area contributed by atoms with E-state index in [4.69, 9.17) is 0 Å². The molecule has 1 saturated heterocycles. The zero-order valence-electron chi connectivity index (χ0n) is 8.06. The van der Waals surface area contributed by atoms with Crippen molar-refractivity contribution >= 4 is 21.8 Å². The lowest BCUT2D eigenvalue weighted by atomic mass is 10.2. The number of likely N-dealkylation sites (tertiary alicyclic amines) is 1. The molecular formula is C10H11BrN2O2. The highest BCUT2D eigenvalue weighted by molar-refractivity contribution is 9.10. The van der Waals surface area contributed by atoms with Gasteiger partial charge in [-0.3, -0.25) is 4.79 Å². The molecule has 0 bridgehead atoms. The number of aliphatic hydroxyl groups is 1. The SMILES string of the molecule is O=C(c1cccnc1Br)N1CC[C@@H](O)C1. The van der Waals surface area contributed by atoms with Crippen molar-refractivity contribution in [3.63, 3.8) is 0 Å². The highest BCUT2D eigenvalue weighted by Gasteiger charge is 2.26. The van der Waals surface area contributed by atoms with Crippen LogP contribution in [-0.2, 0) is 0 Å². The Labute approximate surface area is 96.1 Å². The van der Waals surface area contributed by atoms with Gasteiger partial charge in [-0.2, -0.15) is 0 Å². The van der Waals surface area contributed by atoms with Crippen molar-refractivity contribution in [2.75, 3.05) is 13.1 Å². The fourth-order valence-corrected chi connectivity index (χ4v) is 2.06. The van der Waals surface area contributed by atoms with E-state index >= 15 is 0 Å². The molecule has 4 nitrogen and oxygen atoms in total. The number of amides is 1. The number of aromatic nitrogens is 1. The molecule has 0 saturated carbocycles. The molecule has 0 aromatic carbocycles. The van der Waals surface area contributed by atoms with E-state index in [1.54, 1.807) is 23.2 Å². The van der Waals surface area contributed by atoms with E-state index in [9.17, 15) is 9.90 Å². The van der Waals surface area contributed by atoms with E-state index in [-0.39, 0.29) is 12.0 Å². The van der Waals surface area contributed by atoms with Crippen LogP contribution in [0.3, 0.4) is 0 Å². The average Bonchev–Trinajstić information content (AvgIpc) is 2.65. The summed E-state index contributed by atoms with van der Waals surface area (Å²) in [5, 5.41) is 9.34. The standard InChI is InChI=1S/C10H11BrN2O2/c11-9-8(2-1-4-12-9)10(15)13-5-3-7(14)6-13/h1-2,4,7,14H,3,5-6H2/t7-/m1/s1. The summed E-state index contributed by atoms with van der Waals surface area (Å²) in [6.45, 7) is 1.03. The van der Waals surface area contributed by atoms with Gasteiger partial charge in [0.05, 0.1) is 11.7 Å². The van der Waals surface area contributed by atoms with Gasteiger partial charge in [-0.1, -0.05) is 0 Å². The van der Waals surface area contributed by atoms with Crippen molar-refractivity contribution in [1.82, 2.24) is 9.88 Å². The third-order valence-corrected chi connectivity index (χ3v) is 3.07. The van der Waals surface area contributed by atoms with Gasteiger partial charge in [-0.15, -0.1) is 0 Å². The number of aliphatic hydroxyl groups excluding tert-OH is 1. The molecule has 0 aliphatic carbocycles. The number of rotatable bonds is 1. The number of β-amino-alcohol motifs (C(OH)–C–C–N with tert-alkyl or cyclic N) is 1. The van der Waals surface area contributed by atoms with Gasteiger partial charge < -0.3 is 10.0 Å². The topological polar surface area (TPSA) is 53.4 Å². The fourth-order valence-electron chi connectivity index (χ4n) is 1.64. The van der Waals surface area contributed by atoms with Crippen LogP contribution in [0, 0.1) is 0 Å². The molecule has 0 radical (unpaired) electrons. The maximum absolute atomic E-state index is 12.0. The number of carbonyl (C=O) groups is 1. The lowest BCUT2D eigenvalue weighted by Gasteiger charge is -2.15. The number of hydrogen-bond acceptors (Lipinski definition) is 3. The van der Waals surface area contributed by atoms with Gasteiger partial charge in [0.1, 0.15) is 4.60 Å². The summed E-state index contributed by atoms with van der Waals surface area (Å²) in [7, 11) is 0. The molecule has 80 valence electrons. The summed E-state index contributed by atoms with van der Waals surface area (Å²) in [6.07, 6.45) is 1.90. The number of carbonyl (C=O) groups excluding carboxylic acids is 1. The molecule has 5 heteroatoms. The van der Waals surface area contributed by atoms with Crippen LogP contribution in [0.4, 0.5) is 0 Å². The maximum Gasteiger partial charge on any atom is 0.256 e. The third kappa shape index (κ3) is 2.18. The van der Waals surface area contributed by atoms with E-state index < -0.39 is 0 Å². The van der Waals surface area contributed by atoms with Gasteiger partial charge in [0, 0.05) is 19.3 Å². The van der Waals surface area contributed by atoms with Crippen molar-refractivity contribution in [2.24, 2.45) is 0 Å². The van der Waals surface area contributed by atoms with Crippen molar-refractivity contribution in [1.29, 1.82) is 0 Å². The van der Waals surface area contributed by atoms with Gasteiger partial charge in [0.15, 0.2) is 0 Å². The Kier molecular flexibility index (Phi) is 3.02. The van der Waals surface area contributed by atoms with Crippen molar-refractivity contribution in [2.45, 2.75) is 12.5 Å². The van der Waals surface area contributed by atoms with Crippen molar-refractivity contribution in [3.05, 3.63) is 28.5 Å². The molecule has 2 heterocycles. The van der Waals surface area contributed by atoms with Crippen LogP contribution in [0.1, 0.15) is 16.8 Å². The Bertz CT molecular complexity index is 383. The normalized spacial score (nSPS) is 20.7. The van der Waals surface area contributed by atoms with Crippen LogP contribution in [0.5, 0.6) is 0 Å². The van der Waals surface area contributed by atoms with E-state index in [2.05, 4.69) is 20.9 Å². The predicted molar refractivity (Wildman–Crippen MR) is 58.5 cm³/mol. The Morgan fingerprint density at radius 2 is 2.47 bits per heavy atom. The molecule has 1 aliphatic rings. The van der Waals surface area contributed by atoms with Crippen LogP contribution in [-0.4, -0.2) is 40.1 Å². The first-order valence-electron chi connectivity index (χ1n) is 4.76. The summed E-state index contributed by atoms with van der Waals surface area (Å²) in [4.78, 5) is 17.6. The Balaban J connectivity index is 2.18. The highest BCUT2D eigenvalue weighted by atomic mass is 79.9. The first-order valence-corrected chi connectivity index (χ1v) is 5.55. The minimum atomic E-state index is -0.385. The maximum atomic E-state index is 12.0. The van der Waals surface area contributed by atoms with Crippen molar-refractivity contribution in [3.8, 4) is 0 Å². The summed E-state index contributed by atoms with van der Waals surface area (Å²) in [5.41, 5.74) is 0.548. The quantitative estimate of drug-likeness (QED) is 0.777. The average molecular weight is 271 g/mol. The van der Waals surface area contributed by atoms with Gasteiger partial charge in [-0.25, -0.2) is 4.98 Å². The molecule has 2 rings (SSSR count). The molecule has 1 fully saturated rings. The van der Waals surface area contributed by atoms with Gasteiger partial charge >= 0.3 is 0 Å². The van der Waals surface area contributed by atoms with E-state index in [1.165, 1.54) is 0 Å². The molecule has 0 spiro atoms. The minimum Gasteiger partial charge on any atom is -0.391 e. The first kappa shape index (κ1) is 10.6. The van der Waals surface area contributed by atoms with Crippen LogP contribution in [0.15, 0.2) is 22.9 Å². The van der Waals surface area contributed by atoms with Gasteiger partial charge in [-0.05, 0) is 34.5 Å². The van der Waals surface area contributed by atoms with E-state index in [1.807, 2.05) is 0 Å². The second kappa shape index (κ2) is 4.28. The molecule has 1 aromatic rings. The highest BCUT2D eigenvalue weighted by Crippen LogP contribution is 2.18. The lowest BCUT2D eigenvalue weighted by molar-refractivity contribution is 0.0763. The summed E-state index contributed by atoms with van der Waals surface area (Å²) >= 11 is 3.24.